The second-order valence-electron chi connectivity index (χ2n) is 5.75. The van der Waals surface area contributed by atoms with Gasteiger partial charge in [0.15, 0.2) is 11.3 Å². The highest BCUT2D eigenvalue weighted by molar-refractivity contribution is 7.90. The molecule has 0 spiro atoms. The number of carbonyl (C=O) groups excluding carboxylic acids is 1. The van der Waals surface area contributed by atoms with E-state index in [1.807, 2.05) is 0 Å². The SMILES string of the molecule is CCN(C(=O)C(C)CS(C)(=O)=O)c1cn(-c2ccc[n+]([O-])c2)nc1Cl. The number of amides is 1. The molecule has 1 amide bonds. The van der Waals surface area contributed by atoms with Gasteiger partial charge < -0.3 is 10.1 Å². The van der Waals surface area contributed by atoms with Crippen LogP contribution in [0.25, 0.3) is 5.69 Å². The van der Waals surface area contributed by atoms with Crippen LogP contribution in [0.4, 0.5) is 5.69 Å². The molecule has 0 saturated carbocycles. The van der Waals surface area contributed by atoms with E-state index in [0.717, 1.165) is 6.26 Å². The summed E-state index contributed by atoms with van der Waals surface area (Å²) in [4.78, 5) is 14.0. The van der Waals surface area contributed by atoms with Gasteiger partial charge in [-0.3, -0.25) is 4.79 Å². The summed E-state index contributed by atoms with van der Waals surface area (Å²) in [6.45, 7) is 3.61. The number of aromatic nitrogens is 3. The van der Waals surface area contributed by atoms with Crippen LogP contribution < -0.4 is 9.63 Å². The maximum absolute atomic E-state index is 12.6. The molecule has 0 N–H and O–H groups in total. The van der Waals surface area contributed by atoms with Crippen LogP contribution in [0.2, 0.25) is 5.15 Å². The van der Waals surface area contributed by atoms with E-state index < -0.39 is 15.8 Å². The Bertz CT molecular complexity index is 881. The molecule has 8 nitrogen and oxygen atoms in total. The van der Waals surface area contributed by atoms with Gasteiger partial charge in [0.1, 0.15) is 21.2 Å². The number of nitrogens with zero attached hydrogens (tertiary/aromatic N) is 4. The van der Waals surface area contributed by atoms with E-state index in [1.165, 1.54) is 28.2 Å². The van der Waals surface area contributed by atoms with E-state index in [0.29, 0.717) is 22.6 Å². The highest BCUT2D eigenvalue weighted by atomic mass is 35.5. The minimum atomic E-state index is -3.28. The standard InChI is InChI=1S/C15H19ClN4O4S/c1-4-19(15(21)11(2)10-25(3,23)24)13-9-20(17-14(13)16)12-6-5-7-18(22)8-12/h5-9,11H,4,10H2,1-3H3. The minimum Gasteiger partial charge on any atom is -0.619 e. The number of sulfone groups is 1. The number of anilines is 1. The fourth-order valence-corrected chi connectivity index (χ4v) is 3.75. The number of pyridine rings is 1. The van der Waals surface area contributed by atoms with Crippen molar-refractivity contribution in [3.05, 3.63) is 41.1 Å². The molecule has 10 heteroatoms. The van der Waals surface area contributed by atoms with Gasteiger partial charge in [-0.25, -0.2) is 13.1 Å². The van der Waals surface area contributed by atoms with Gasteiger partial charge in [0, 0.05) is 24.8 Å². The van der Waals surface area contributed by atoms with Gasteiger partial charge in [0.2, 0.25) is 12.1 Å². The molecule has 1 atom stereocenters. The normalized spacial score (nSPS) is 12.8. The molecule has 25 heavy (non-hydrogen) atoms. The first kappa shape index (κ1) is 19.2. The van der Waals surface area contributed by atoms with Crippen molar-refractivity contribution in [3.8, 4) is 5.69 Å². The molecule has 0 aliphatic rings. The van der Waals surface area contributed by atoms with Crippen LogP contribution in [-0.4, -0.2) is 42.7 Å². The molecule has 0 aromatic carbocycles. The van der Waals surface area contributed by atoms with Crippen molar-refractivity contribution in [2.45, 2.75) is 13.8 Å². The Morgan fingerprint density at radius 3 is 2.76 bits per heavy atom. The summed E-state index contributed by atoms with van der Waals surface area (Å²) >= 11 is 6.16. The van der Waals surface area contributed by atoms with Crippen molar-refractivity contribution in [1.29, 1.82) is 0 Å². The summed E-state index contributed by atoms with van der Waals surface area (Å²) in [5.74, 6) is -1.32. The van der Waals surface area contributed by atoms with Gasteiger partial charge in [-0.1, -0.05) is 18.5 Å². The van der Waals surface area contributed by atoms with E-state index >= 15 is 0 Å². The Hall–Kier alpha value is -2.13. The van der Waals surface area contributed by atoms with Crippen molar-refractivity contribution < 1.29 is 17.9 Å². The Morgan fingerprint density at radius 2 is 2.20 bits per heavy atom. The third-order valence-corrected chi connectivity index (χ3v) is 4.90. The van der Waals surface area contributed by atoms with Crippen LogP contribution in [0.5, 0.6) is 0 Å². The van der Waals surface area contributed by atoms with Crippen LogP contribution in [0.1, 0.15) is 13.8 Å². The lowest BCUT2D eigenvalue weighted by Crippen LogP contribution is -2.37. The molecular formula is C15H19ClN4O4S. The topological polar surface area (TPSA) is 99.2 Å². The Labute approximate surface area is 151 Å². The van der Waals surface area contributed by atoms with Crippen molar-refractivity contribution in [2.75, 3.05) is 23.5 Å². The van der Waals surface area contributed by atoms with Gasteiger partial charge in [0.25, 0.3) is 0 Å². The largest absolute Gasteiger partial charge is 0.619 e. The van der Waals surface area contributed by atoms with E-state index in [2.05, 4.69) is 5.10 Å². The van der Waals surface area contributed by atoms with Crippen LogP contribution in [0.15, 0.2) is 30.7 Å². The number of hydrogen-bond donors (Lipinski definition) is 0. The predicted octanol–water partition coefficient (Wildman–Crippen LogP) is 1.19. The second kappa shape index (κ2) is 7.40. The predicted molar refractivity (Wildman–Crippen MR) is 94.4 cm³/mol. The van der Waals surface area contributed by atoms with Crippen molar-refractivity contribution in [2.24, 2.45) is 5.92 Å². The number of hydrogen-bond acceptors (Lipinski definition) is 5. The molecule has 2 rings (SSSR count). The number of carbonyl (C=O) groups is 1. The molecule has 0 fully saturated rings. The zero-order chi connectivity index (χ0) is 18.8. The second-order valence-corrected chi connectivity index (χ2v) is 8.29. The van der Waals surface area contributed by atoms with Gasteiger partial charge in [-0.05, 0) is 13.0 Å². The fourth-order valence-electron chi connectivity index (χ4n) is 2.47. The van der Waals surface area contributed by atoms with E-state index in [1.54, 1.807) is 26.0 Å². The molecule has 0 aliphatic heterocycles. The third-order valence-electron chi connectivity index (χ3n) is 3.52. The van der Waals surface area contributed by atoms with Crippen molar-refractivity contribution in [1.82, 2.24) is 9.78 Å². The Morgan fingerprint density at radius 1 is 1.52 bits per heavy atom. The lowest BCUT2D eigenvalue weighted by Gasteiger charge is -2.23. The third kappa shape index (κ3) is 4.70. The molecule has 1 unspecified atom stereocenters. The zero-order valence-corrected chi connectivity index (χ0v) is 15.7. The first-order valence-electron chi connectivity index (χ1n) is 7.56. The summed E-state index contributed by atoms with van der Waals surface area (Å²) in [6.07, 6.45) is 5.28. The van der Waals surface area contributed by atoms with Gasteiger partial charge in [0.05, 0.1) is 11.9 Å². The molecular weight excluding hydrogens is 368 g/mol. The van der Waals surface area contributed by atoms with Gasteiger partial charge in [-0.2, -0.15) is 9.83 Å². The molecule has 136 valence electrons. The summed E-state index contributed by atoms with van der Waals surface area (Å²) in [5.41, 5.74) is 0.842. The molecule has 2 aromatic heterocycles. The quantitative estimate of drug-likeness (QED) is 0.548. The van der Waals surface area contributed by atoms with Gasteiger partial charge >= 0.3 is 0 Å². The van der Waals surface area contributed by atoms with Crippen LogP contribution in [-0.2, 0) is 14.6 Å². The van der Waals surface area contributed by atoms with Crippen LogP contribution >= 0.6 is 11.6 Å². The fraction of sp³-hybridized carbons (Fsp3) is 0.400. The lowest BCUT2D eigenvalue weighted by molar-refractivity contribution is -0.605. The monoisotopic (exact) mass is 386 g/mol. The molecule has 2 heterocycles. The van der Waals surface area contributed by atoms with Crippen LogP contribution in [0.3, 0.4) is 0 Å². The molecule has 0 radical (unpaired) electrons. The Kier molecular flexibility index (Phi) is 5.69. The lowest BCUT2D eigenvalue weighted by atomic mass is 10.2. The molecule has 0 aliphatic carbocycles. The van der Waals surface area contributed by atoms with Crippen molar-refractivity contribution >= 4 is 33.0 Å². The summed E-state index contributed by atoms with van der Waals surface area (Å²) in [6, 6.07) is 3.24. The average Bonchev–Trinajstić information content (AvgIpc) is 2.88. The van der Waals surface area contributed by atoms with Crippen LogP contribution in [0, 0.1) is 11.1 Å². The first-order chi connectivity index (χ1) is 11.6. The zero-order valence-electron chi connectivity index (χ0n) is 14.1. The van der Waals surface area contributed by atoms with E-state index in [4.69, 9.17) is 11.6 Å². The van der Waals surface area contributed by atoms with Gasteiger partial charge in [-0.15, -0.1) is 0 Å². The van der Waals surface area contributed by atoms with E-state index in [-0.39, 0.29) is 16.8 Å². The van der Waals surface area contributed by atoms with Crippen molar-refractivity contribution in [3.63, 3.8) is 0 Å². The average molecular weight is 387 g/mol. The highest BCUT2D eigenvalue weighted by Crippen LogP contribution is 2.27. The maximum atomic E-state index is 12.6. The number of halogens is 1. The summed E-state index contributed by atoms with van der Waals surface area (Å²) in [5, 5.41) is 15.6. The molecule has 0 saturated heterocycles. The minimum absolute atomic E-state index is 0.0862. The van der Waals surface area contributed by atoms with E-state index in [9.17, 15) is 18.4 Å². The molecule has 0 bridgehead atoms. The molecule has 2 aromatic rings. The first-order valence-corrected chi connectivity index (χ1v) is 9.99. The summed E-state index contributed by atoms with van der Waals surface area (Å²) < 4.78 is 24.9. The number of rotatable bonds is 6. The maximum Gasteiger partial charge on any atom is 0.230 e. The Balaban J connectivity index is 2.34. The smallest absolute Gasteiger partial charge is 0.230 e. The highest BCUT2D eigenvalue weighted by Gasteiger charge is 2.27. The summed E-state index contributed by atoms with van der Waals surface area (Å²) in [7, 11) is -3.28.